The van der Waals surface area contributed by atoms with Crippen LogP contribution in [-0.2, 0) is 12.8 Å². The van der Waals surface area contributed by atoms with Gasteiger partial charge in [-0.05, 0) is 67.5 Å². The van der Waals surface area contributed by atoms with Gasteiger partial charge < -0.3 is 10.6 Å². The molecule has 0 saturated heterocycles. The first-order chi connectivity index (χ1) is 11.5. The number of urea groups is 1. The van der Waals surface area contributed by atoms with Crippen molar-refractivity contribution in [3.8, 4) is 0 Å². The van der Waals surface area contributed by atoms with E-state index < -0.39 is 0 Å². The molecule has 2 aromatic rings. The highest BCUT2D eigenvalue weighted by Crippen LogP contribution is 2.26. The Balaban J connectivity index is 1.66. The zero-order valence-corrected chi connectivity index (χ0v) is 15.0. The summed E-state index contributed by atoms with van der Waals surface area (Å²) in [7, 11) is 0. The van der Waals surface area contributed by atoms with E-state index in [1.165, 1.54) is 24.0 Å². The average Bonchev–Trinajstić information content (AvgIpc) is 2.57. The summed E-state index contributed by atoms with van der Waals surface area (Å²) in [5, 5.41) is 6.67. The van der Waals surface area contributed by atoms with E-state index in [-0.39, 0.29) is 12.1 Å². The van der Waals surface area contributed by atoms with Crippen molar-refractivity contribution in [3.05, 3.63) is 63.1 Å². The zero-order valence-electron chi connectivity index (χ0n) is 13.5. The van der Waals surface area contributed by atoms with E-state index in [1.54, 1.807) is 18.2 Å². The van der Waals surface area contributed by atoms with Crippen LogP contribution in [-0.4, -0.2) is 6.03 Å². The Labute approximate surface area is 152 Å². The molecule has 1 aliphatic carbocycles. The van der Waals surface area contributed by atoms with Crippen LogP contribution in [0.3, 0.4) is 0 Å². The second-order valence-corrected chi connectivity index (χ2v) is 7.02. The Morgan fingerprint density at radius 3 is 2.58 bits per heavy atom. The van der Waals surface area contributed by atoms with Crippen LogP contribution >= 0.6 is 23.2 Å². The topological polar surface area (TPSA) is 41.1 Å². The van der Waals surface area contributed by atoms with Crippen molar-refractivity contribution in [2.24, 2.45) is 0 Å². The number of halogens is 2. The number of fused-ring (bicyclic) bond motifs is 1. The first-order valence-electron chi connectivity index (χ1n) is 8.17. The quantitative estimate of drug-likeness (QED) is 0.716. The molecule has 0 spiro atoms. The van der Waals surface area contributed by atoms with Crippen molar-refractivity contribution in [2.75, 3.05) is 5.32 Å². The van der Waals surface area contributed by atoms with Gasteiger partial charge in [0.1, 0.15) is 0 Å². The van der Waals surface area contributed by atoms with E-state index >= 15 is 0 Å². The second kappa shape index (κ2) is 7.45. The fourth-order valence-corrected chi connectivity index (χ4v) is 3.39. The number of hydrogen-bond donors (Lipinski definition) is 2. The van der Waals surface area contributed by atoms with E-state index in [0.29, 0.717) is 15.7 Å². The van der Waals surface area contributed by atoms with Gasteiger partial charge in [-0.1, -0.05) is 41.4 Å². The van der Waals surface area contributed by atoms with Gasteiger partial charge in [0.05, 0.1) is 16.8 Å². The molecule has 0 aliphatic heterocycles. The average molecular weight is 363 g/mol. The summed E-state index contributed by atoms with van der Waals surface area (Å²) in [6, 6.07) is 11.1. The summed E-state index contributed by atoms with van der Waals surface area (Å²) >= 11 is 12.0. The first-order valence-corrected chi connectivity index (χ1v) is 8.93. The predicted octanol–water partition coefficient (Wildman–Crippen LogP) is 5.75. The fraction of sp³-hybridized carbons (Fsp3) is 0.316. The minimum absolute atomic E-state index is 0.0878. The van der Waals surface area contributed by atoms with Gasteiger partial charge in [-0.25, -0.2) is 4.79 Å². The number of anilines is 1. The molecule has 0 heterocycles. The van der Waals surface area contributed by atoms with Gasteiger partial charge >= 0.3 is 6.03 Å². The molecule has 3 nitrogen and oxygen atoms in total. The van der Waals surface area contributed by atoms with Gasteiger partial charge in [0.25, 0.3) is 0 Å². The van der Waals surface area contributed by atoms with Gasteiger partial charge in [-0.15, -0.1) is 0 Å². The molecule has 0 aromatic heterocycles. The number of carbonyl (C=O) groups is 1. The number of hydrogen-bond acceptors (Lipinski definition) is 1. The minimum atomic E-state index is -0.301. The molecule has 5 heteroatoms. The minimum Gasteiger partial charge on any atom is -0.331 e. The first kappa shape index (κ1) is 17.1. The molecule has 1 aliphatic rings. The van der Waals surface area contributed by atoms with Crippen LogP contribution in [0.5, 0.6) is 0 Å². The van der Waals surface area contributed by atoms with Crippen molar-refractivity contribution in [2.45, 2.75) is 38.6 Å². The summed E-state index contributed by atoms with van der Waals surface area (Å²) in [5.41, 5.74) is 4.46. The number of carbonyl (C=O) groups excluding carboxylic acids is 1. The van der Waals surface area contributed by atoms with Gasteiger partial charge in [-0.3, -0.25) is 0 Å². The number of nitrogens with one attached hydrogen (secondary N) is 2. The van der Waals surface area contributed by atoms with Crippen LogP contribution in [0.15, 0.2) is 36.4 Å². The Morgan fingerprint density at radius 1 is 1.04 bits per heavy atom. The SMILES string of the molecule is CC(NC(=O)Nc1cc(Cl)ccc1Cl)c1ccc2c(c1)CCCC2. The molecule has 1 atom stereocenters. The van der Waals surface area contributed by atoms with Gasteiger partial charge in [0.2, 0.25) is 0 Å². The van der Waals surface area contributed by atoms with Gasteiger partial charge in [-0.2, -0.15) is 0 Å². The lowest BCUT2D eigenvalue weighted by atomic mass is 9.89. The number of benzene rings is 2. The van der Waals surface area contributed by atoms with Crippen LogP contribution in [0.2, 0.25) is 10.0 Å². The number of aryl methyl sites for hydroxylation is 2. The van der Waals surface area contributed by atoms with Crippen molar-refractivity contribution in [1.29, 1.82) is 0 Å². The van der Waals surface area contributed by atoms with Crippen LogP contribution in [0, 0.1) is 0 Å². The molecule has 2 N–H and O–H groups in total. The molecule has 0 saturated carbocycles. The summed E-state index contributed by atoms with van der Waals surface area (Å²) < 4.78 is 0. The molecule has 0 fully saturated rings. The maximum atomic E-state index is 12.2. The highest BCUT2D eigenvalue weighted by molar-refractivity contribution is 6.35. The molecule has 0 radical (unpaired) electrons. The third kappa shape index (κ3) is 4.03. The third-order valence-corrected chi connectivity index (χ3v) is 4.96. The zero-order chi connectivity index (χ0) is 17.1. The smallest absolute Gasteiger partial charge is 0.319 e. The van der Waals surface area contributed by atoms with Crippen molar-refractivity contribution in [3.63, 3.8) is 0 Å². The van der Waals surface area contributed by atoms with E-state index in [2.05, 4.69) is 28.8 Å². The van der Waals surface area contributed by atoms with Crippen LogP contribution in [0.4, 0.5) is 10.5 Å². The number of amides is 2. The highest BCUT2D eigenvalue weighted by atomic mass is 35.5. The largest absolute Gasteiger partial charge is 0.331 e. The lowest BCUT2D eigenvalue weighted by molar-refractivity contribution is 0.249. The molecule has 24 heavy (non-hydrogen) atoms. The maximum absolute atomic E-state index is 12.2. The summed E-state index contributed by atoms with van der Waals surface area (Å²) in [6.45, 7) is 1.98. The normalized spacial score (nSPS) is 14.6. The van der Waals surface area contributed by atoms with Crippen molar-refractivity contribution < 1.29 is 4.79 Å². The van der Waals surface area contributed by atoms with E-state index in [4.69, 9.17) is 23.2 Å². The Morgan fingerprint density at radius 2 is 1.79 bits per heavy atom. The van der Waals surface area contributed by atoms with Crippen molar-refractivity contribution >= 4 is 34.9 Å². The highest BCUT2D eigenvalue weighted by Gasteiger charge is 2.14. The van der Waals surface area contributed by atoms with Crippen molar-refractivity contribution in [1.82, 2.24) is 5.32 Å². The lowest BCUT2D eigenvalue weighted by Gasteiger charge is -2.20. The van der Waals surface area contributed by atoms with E-state index in [1.807, 2.05) is 6.92 Å². The van der Waals surface area contributed by atoms with E-state index in [0.717, 1.165) is 18.4 Å². The van der Waals surface area contributed by atoms with Crippen LogP contribution in [0.1, 0.15) is 42.5 Å². The maximum Gasteiger partial charge on any atom is 0.319 e. The molecule has 1 unspecified atom stereocenters. The molecule has 3 rings (SSSR count). The Bertz CT molecular complexity index is 761. The predicted molar refractivity (Wildman–Crippen MR) is 100 cm³/mol. The Hall–Kier alpha value is -1.71. The van der Waals surface area contributed by atoms with Crippen LogP contribution < -0.4 is 10.6 Å². The monoisotopic (exact) mass is 362 g/mol. The molecule has 2 aromatic carbocycles. The Kier molecular flexibility index (Phi) is 5.32. The van der Waals surface area contributed by atoms with Crippen LogP contribution in [0.25, 0.3) is 0 Å². The van der Waals surface area contributed by atoms with E-state index in [9.17, 15) is 4.79 Å². The molecule has 126 valence electrons. The second-order valence-electron chi connectivity index (χ2n) is 6.18. The third-order valence-electron chi connectivity index (χ3n) is 4.40. The molecular weight excluding hydrogens is 343 g/mol. The fourth-order valence-electron chi connectivity index (χ4n) is 3.05. The molecule has 2 amide bonds. The lowest BCUT2D eigenvalue weighted by Crippen LogP contribution is -2.31. The van der Waals surface area contributed by atoms with Gasteiger partial charge in [0.15, 0.2) is 0 Å². The standard InChI is InChI=1S/C19H20Cl2N2O/c1-12(14-7-6-13-4-2-3-5-15(13)10-14)22-19(24)23-18-11-16(20)8-9-17(18)21/h6-12H,2-5H2,1H3,(H2,22,23,24). The van der Waals surface area contributed by atoms with Gasteiger partial charge in [0, 0.05) is 5.02 Å². The summed E-state index contributed by atoms with van der Waals surface area (Å²) in [6.07, 6.45) is 4.79. The number of rotatable bonds is 3. The summed E-state index contributed by atoms with van der Waals surface area (Å²) in [5.74, 6) is 0. The summed E-state index contributed by atoms with van der Waals surface area (Å²) in [4.78, 5) is 12.2. The molecular formula is C19H20Cl2N2O. The molecule has 0 bridgehead atoms.